The average molecular weight is 417 g/mol. The molecule has 7 heteroatoms. The van der Waals surface area contributed by atoms with Crippen LogP contribution in [0.3, 0.4) is 0 Å². The van der Waals surface area contributed by atoms with Gasteiger partial charge in [0.15, 0.2) is 0 Å². The summed E-state index contributed by atoms with van der Waals surface area (Å²) in [6.07, 6.45) is 0. The summed E-state index contributed by atoms with van der Waals surface area (Å²) in [5.74, 6) is -2.33. The molecule has 31 heavy (non-hydrogen) atoms. The van der Waals surface area contributed by atoms with Crippen LogP contribution >= 0.6 is 0 Å². The molecule has 0 radical (unpaired) electrons. The zero-order valence-corrected chi connectivity index (χ0v) is 17.8. The molecule has 0 bridgehead atoms. The summed E-state index contributed by atoms with van der Waals surface area (Å²) < 4.78 is 10.1. The number of benzene rings is 2. The highest BCUT2D eigenvalue weighted by atomic mass is 16.5. The number of nitrogens with two attached hydrogens (primary N) is 1. The number of hydrogen-bond acceptors (Lipinski definition) is 7. The number of rotatable bonds is 4. The van der Waals surface area contributed by atoms with E-state index < -0.39 is 17.9 Å². The van der Waals surface area contributed by atoms with Crippen LogP contribution in [0.2, 0.25) is 0 Å². The lowest BCUT2D eigenvalue weighted by Gasteiger charge is -2.37. The van der Waals surface area contributed by atoms with Crippen LogP contribution in [-0.2, 0) is 19.1 Å². The van der Waals surface area contributed by atoms with Gasteiger partial charge in [0.2, 0.25) is 0 Å². The van der Waals surface area contributed by atoms with Crippen molar-refractivity contribution >= 4 is 17.6 Å². The molecule has 1 aliphatic heterocycles. The molecule has 1 heterocycles. The molecule has 0 fully saturated rings. The van der Waals surface area contributed by atoms with Gasteiger partial charge in [0, 0.05) is 0 Å². The minimum Gasteiger partial charge on any atom is -0.466 e. The van der Waals surface area contributed by atoms with Gasteiger partial charge in [0.05, 0.1) is 43.0 Å². The van der Waals surface area contributed by atoms with Gasteiger partial charge in [-0.3, -0.25) is 4.90 Å². The van der Waals surface area contributed by atoms with E-state index in [9.17, 15) is 14.9 Å². The number of hydrogen-bond donors (Lipinski definition) is 1. The first-order valence-corrected chi connectivity index (χ1v) is 9.59. The second kappa shape index (κ2) is 8.76. The van der Waals surface area contributed by atoms with Gasteiger partial charge < -0.3 is 15.2 Å². The van der Waals surface area contributed by atoms with Crippen LogP contribution in [0.1, 0.15) is 22.6 Å². The molecule has 7 nitrogen and oxygen atoms in total. The number of carbonyl (C=O) groups excluding carboxylic acids is 2. The number of methoxy groups -OCH3 is 2. The molecule has 2 aromatic rings. The van der Waals surface area contributed by atoms with Crippen molar-refractivity contribution in [2.75, 3.05) is 19.1 Å². The third kappa shape index (κ3) is 3.64. The summed E-state index contributed by atoms with van der Waals surface area (Å²) in [5.41, 5.74) is 9.42. The Balaban J connectivity index is 2.47. The molecule has 158 valence electrons. The molecule has 1 aliphatic rings. The van der Waals surface area contributed by atoms with Crippen LogP contribution in [0.5, 0.6) is 0 Å². The predicted molar refractivity (Wildman–Crippen MR) is 115 cm³/mol. The standard InChI is InChI=1S/C24H23N3O4/c1-14-9-8-10-15(2)20(14)27-21(24(29)31-4)19(23(28)30-3)18(17(13-25)22(27)26)16-11-6-5-7-12-16/h5-12,18H,26H2,1-4H3. The molecule has 0 spiro atoms. The van der Waals surface area contributed by atoms with Gasteiger partial charge in [-0.1, -0.05) is 48.5 Å². The number of allylic oxidation sites excluding steroid dienone is 1. The fourth-order valence-electron chi connectivity index (χ4n) is 3.90. The zero-order chi connectivity index (χ0) is 22.7. The van der Waals surface area contributed by atoms with Crippen molar-refractivity contribution in [2.45, 2.75) is 19.8 Å². The number of para-hydroxylation sites is 1. The highest BCUT2D eigenvalue weighted by molar-refractivity contribution is 6.06. The molecule has 1 atom stereocenters. The molecular weight excluding hydrogens is 394 g/mol. The fourth-order valence-corrected chi connectivity index (χ4v) is 3.90. The molecule has 0 saturated carbocycles. The lowest BCUT2D eigenvalue weighted by molar-refractivity contribution is -0.139. The van der Waals surface area contributed by atoms with E-state index in [-0.39, 0.29) is 22.7 Å². The summed E-state index contributed by atoms with van der Waals surface area (Å²) in [7, 11) is 2.45. The Morgan fingerprint density at radius 3 is 2.06 bits per heavy atom. The van der Waals surface area contributed by atoms with Gasteiger partial charge in [-0.25, -0.2) is 9.59 Å². The number of nitrogens with zero attached hydrogens (tertiary/aromatic N) is 2. The lowest BCUT2D eigenvalue weighted by Crippen LogP contribution is -2.41. The topological polar surface area (TPSA) is 106 Å². The first-order chi connectivity index (χ1) is 14.9. The van der Waals surface area contributed by atoms with Crippen LogP contribution < -0.4 is 10.6 Å². The molecule has 0 aliphatic carbocycles. The number of anilines is 1. The summed E-state index contributed by atoms with van der Waals surface area (Å²) >= 11 is 0. The monoisotopic (exact) mass is 417 g/mol. The van der Waals surface area contributed by atoms with E-state index in [0.29, 0.717) is 11.3 Å². The SMILES string of the molecule is COC(=O)C1=C(C(=O)OC)N(c2c(C)cccc2C)C(N)=C(C#N)C1c1ccccc1. The number of carbonyl (C=O) groups is 2. The first-order valence-electron chi connectivity index (χ1n) is 9.59. The minimum atomic E-state index is -0.881. The van der Waals surface area contributed by atoms with Gasteiger partial charge in [0.25, 0.3) is 0 Å². The predicted octanol–water partition coefficient (Wildman–Crippen LogP) is 3.20. The third-order valence-corrected chi connectivity index (χ3v) is 5.27. The van der Waals surface area contributed by atoms with Crippen molar-refractivity contribution in [2.24, 2.45) is 5.73 Å². The maximum Gasteiger partial charge on any atom is 0.355 e. The molecule has 0 aromatic heterocycles. The Bertz CT molecular complexity index is 1120. The Morgan fingerprint density at radius 1 is 0.968 bits per heavy atom. The van der Waals surface area contributed by atoms with Crippen molar-refractivity contribution in [3.05, 3.63) is 87.9 Å². The highest BCUT2D eigenvalue weighted by Gasteiger charge is 2.43. The van der Waals surface area contributed by atoms with Crippen molar-refractivity contribution < 1.29 is 19.1 Å². The smallest absolute Gasteiger partial charge is 0.355 e. The van der Waals surface area contributed by atoms with Gasteiger partial charge in [-0.2, -0.15) is 5.26 Å². The van der Waals surface area contributed by atoms with Crippen LogP contribution in [0.25, 0.3) is 0 Å². The van der Waals surface area contributed by atoms with Crippen LogP contribution in [0.4, 0.5) is 5.69 Å². The van der Waals surface area contributed by atoms with Crippen molar-refractivity contribution in [1.82, 2.24) is 0 Å². The van der Waals surface area contributed by atoms with Crippen molar-refractivity contribution in [1.29, 1.82) is 5.26 Å². The van der Waals surface area contributed by atoms with E-state index in [1.165, 1.54) is 19.1 Å². The third-order valence-electron chi connectivity index (χ3n) is 5.27. The molecule has 2 N–H and O–H groups in total. The van der Waals surface area contributed by atoms with Crippen LogP contribution in [0.15, 0.2) is 71.2 Å². The van der Waals surface area contributed by atoms with Crippen molar-refractivity contribution in [3.63, 3.8) is 0 Å². The number of esters is 2. The molecular formula is C24H23N3O4. The highest BCUT2D eigenvalue weighted by Crippen LogP contribution is 2.44. The largest absolute Gasteiger partial charge is 0.466 e. The van der Waals surface area contributed by atoms with Gasteiger partial charge in [-0.05, 0) is 30.5 Å². The summed E-state index contributed by atoms with van der Waals surface area (Å²) in [4.78, 5) is 27.5. The second-order valence-electron chi connectivity index (χ2n) is 7.08. The van der Waals surface area contributed by atoms with Crippen LogP contribution in [-0.4, -0.2) is 26.2 Å². The van der Waals surface area contributed by atoms with E-state index in [2.05, 4.69) is 6.07 Å². The Morgan fingerprint density at radius 2 is 1.55 bits per heavy atom. The molecule has 0 saturated heterocycles. The van der Waals surface area contributed by atoms with Crippen molar-refractivity contribution in [3.8, 4) is 6.07 Å². The fraction of sp³-hybridized carbons (Fsp3) is 0.208. The van der Waals surface area contributed by atoms with E-state index >= 15 is 0 Å². The Hall–Kier alpha value is -4.05. The lowest BCUT2D eigenvalue weighted by atomic mass is 9.80. The summed E-state index contributed by atoms with van der Waals surface area (Å²) in [5, 5.41) is 10.0. The summed E-state index contributed by atoms with van der Waals surface area (Å²) in [6, 6.07) is 16.7. The van der Waals surface area contributed by atoms with Gasteiger partial charge in [-0.15, -0.1) is 0 Å². The quantitative estimate of drug-likeness (QED) is 0.762. The number of nitriles is 1. The van der Waals surface area contributed by atoms with E-state index in [0.717, 1.165) is 11.1 Å². The zero-order valence-electron chi connectivity index (χ0n) is 17.8. The number of ether oxygens (including phenoxy) is 2. The normalized spacial score (nSPS) is 16.1. The second-order valence-corrected chi connectivity index (χ2v) is 7.08. The molecule has 3 rings (SSSR count). The first kappa shape index (κ1) is 21.7. The average Bonchev–Trinajstić information content (AvgIpc) is 2.78. The maximum absolute atomic E-state index is 13.0. The maximum atomic E-state index is 13.0. The van der Waals surface area contributed by atoms with Crippen LogP contribution in [0, 0.1) is 25.2 Å². The molecule has 1 unspecified atom stereocenters. The minimum absolute atomic E-state index is 0.00560. The van der Waals surface area contributed by atoms with E-state index in [1.54, 1.807) is 24.3 Å². The van der Waals surface area contributed by atoms with E-state index in [1.807, 2.05) is 38.1 Å². The van der Waals surface area contributed by atoms with Gasteiger partial charge >= 0.3 is 11.9 Å². The summed E-state index contributed by atoms with van der Waals surface area (Å²) in [6.45, 7) is 3.72. The Kier molecular flexibility index (Phi) is 6.12. The molecule has 2 aromatic carbocycles. The molecule has 0 amide bonds. The van der Waals surface area contributed by atoms with E-state index in [4.69, 9.17) is 15.2 Å². The number of aryl methyl sites for hydroxylation is 2. The Labute approximate surface area is 181 Å². The van der Waals surface area contributed by atoms with Gasteiger partial charge in [0.1, 0.15) is 11.5 Å².